The highest BCUT2D eigenvalue weighted by Crippen LogP contribution is 2.38. The minimum atomic E-state index is -4.53. The first-order valence-electron chi connectivity index (χ1n) is 9.00. The van der Waals surface area contributed by atoms with Crippen LogP contribution in [0.3, 0.4) is 0 Å². The summed E-state index contributed by atoms with van der Waals surface area (Å²) in [6.07, 6.45) is -3.76. The third kappa shape index (κ3) is 4.93. The largest absolute Gasteiger partial charge is 0.457 e. The molecule has 0 unspecified atom stereocenters. The van der Waals surface area contributed by atoms with E-state index in [-0.39, 0.29) is 17.4 Å². The zero-order valence-electron chi connectivity index (χ0n) is 15.9. The van der Waals surface area contributed by atoms with Gasteiger partial charge in [0.05, 0.1) is 16.8 Å². The molecule has 0 atom stereocenters. The topological polar surface area (TPSA) is 51.2 Å². The first kappa shape index (κ1) is 20.4. The number of anilines is 1. The van der Waals surface area contributed by atoms with Gasteiger partial charge in [0.15, 0.2) is 0 Å². The molecule has 0 radical (unpaired) electrons. The van der Waals surface area contributed by atoms with Gasteiger partial charge >= 0.3 is 6.18 Å². The van der Waals surface area contributed by atoms with Crippen LogP contribution in [0.2, 0.25) is 0 Å². The van der Waals surface area contributed by atoms with E-state index in [4.69, 9.17) is 4.74 Å². The minimum absolute atomic E-state index is 0.177. The van der Waals surface area contributed by atoms with E-state index in [0.717, 1.165) is 18.2 Å². The molecule has 1 N–H and O–H groups in total. The van der Waals surface area contributed by atoms with Gasteiger partial charge in [-0.15, -0.1) is 0 Å². The van der Waals surface area contributed by atoms with Gasteiger partial charge < -0.3 is 10.1 Å². The van der Waals surface area contributed by atoms with Crippen molar-refractivity contribution in [3.8, 4) is 11.5 Å². The summed E-state index contributed by atoms with van der Waals surface area (Å²) in [5.74, 6) is -0.486. The molecule has 0 spiro atoms. The molecule has 0 saturated heterocycles. The van der Waals surface area contributed by atoms with Gasteiger partial charge in [-0.2, -0.15) is 13.2 Å². The molecule has 2 aromatic carbocycles. The molecule has 3 rings (SSSR count). The number of carbonyl (C=O) groups is 1. The number of alkyl halides is 3. The lowest BCUT2D eigenvalue weighted by Gasteiger charge is -2.14. The highest BCUT2D eigenvalue weighted by molar-refractivity contribution is 6.05. The van der Waals surface area contributed by atoms with Crippen LogP contribution in [-0.2, 0) is 12.6 Å². The number of ether oxygens (including phenoxy) is 1. The summed E-state index contributed by atoms with van der Waals surface area (Å²) in [4.78, 5) is 16.9. The van der Waals surface area contributed by atoms with Crippen LogP contribution in [0.4, 0.5) is 18.9 Å². The van der Waals surface area contributed by atoms with Crippen molar-refractivity contribution >= 4 is 11.6 Å². The molecule has 0 aliphatic rings. The Labute approximate surface area is 166 Å². The quantitative estimate of drug-likeness (QED) is 0.570. The molecule has 29 heavy (non-hydrogen) atoms. The number of halogens is 3. The summed E-state index contributed by atoms with van der Waals surface area (Å²) in [7, 11) is 0. The number of aryl methyl sites for hydroxylation is 2. The summed E-state index contributed by atoms with van der Waals surface area (Å²) in [6, 6.07) is 14.7. The molecule has 0 fully saturated rings. The summed E-state index contributed by atoms with van der Waals surface area (Å²) >= 11 is 0. The van der Waals surface area contributed by atoms with Crippen molar-refractivity contribution in [3.63, 3.8) is 0 Å². The number of hydrogen-bond acceptors (Lipinski definition) is 3. The number of pyridine rings is 1. The number of rotatable bonds is 5. The zero-order valence-corrected chi connectivity index (χ0v) is 15.9. The molecule has 0 bridgehead atoms. The number of aromatic nitrogens is 1. The van der Waals surface area contributed by atoms with Crippen LogP contribution in [0.15, 0.2) is 60.7 Å². The Hall–Kier alpha value is -3.35. The van der Waals surface area contributed by atoms with Gasteiger partial charge in [0.25, 0.3) is 5.91 Å². The van der Waals surface area contributed by atoms with E-state index in [1.807, 2.05) is 6.92 Å². The van der Waals surface area contributed by atoms with Crippen molar-refractivity contribution < 1.29 is 22.7 Å². The van der Waals surface area contributed by atoms with Crippen molar-refractivity contribution in [1.29, 1.82) is 0 Å². The average molecular weight is 400 g/mol. The number of benzene rings is 2. The number of nitrogens with zero attached hydrogens (tertiary/aromatic N) is 1. The van der Waals surface area contributed by atoms with Crippen LogP contribution in [0.5, 0.6) is 11.5 Å². The van der Waals surface area contributed by atoms with Gasteiger partial charge in [-0.1, -0.05) is 25.1 Å². The molecule has 0 saturated carbocycles. The van der Waals surface area contributed by atoms with Crippen LogP contribution in [0.25, 0.3) is 0 Å². The fourth-order valence-electron chi connectivity index (χ4n) is 2.80. The Bertz CT molecular complexity index is 1030. The highest BCUT2D eigenvalue weighted by atomic mass is 19.4. The van der Waals surface area contributed by atoms with Crippen LogP contribution >= 0.6 is 0 Å². The number of nitrogens with one attached hydrogen (secondary N) is 1. The second-order valence-corrected chi connectivity index (χ2v) is 6.37. The normalized spacial score (nSPS) is 11.2. The molecule has 0 aliphatic carbocycles. The fraction of sp³-hybridized carbons (Fsp3) is 0.182. The van der Waals surface area contributed by atoms with Crippen LogP contribution in [0, 0.1) is 6.92 Å². The number of hydrogen-bond donors (Lipinski definition) is 1. The molecular weight excluding hydrogens is 381 g/mol. The molecule has 4 nitrogen and oxygen atoms in total. The molecular formula is C22H19F3N2O2. The molecule has 1 aromatic heterocycles. The van der Waals surface area contributed by atoms with Crippen molar-refractivity contribution in [2.75, 3.05) is 5.32 Å². The summed E-state index contributed by atoms with van der Waals surface area (Å²) in [5.41, 5.74) is 1.45. The predicted octanol–water partition coefficient (Wildman–Crippen LogP) is 6.02. The summed E-state index contributed by atoms with van der Waals surface area (Å²) in [6.45, 7) is 3.73. The van der Waals surface area contributed by atoms with Crippen molar-refractivity contribution in [2.24, 2.45) is 0 Å². The standard InChI is InChI=1S/C22H19F3N2O2/c1-3-15-11-12-18(14(2)26-15)21(28)27-16-7-6-8-17(13-16)29-20-10-5-4-9-19(20)22(23,24)25/h4-13H,3H2,1-2H3,(H,27,28). The Morgan fingerprint density at radius 3 is 2.52 bits per heavy atom. The van der Waals surface area contributed by atoms with Gasteiger partial charge in [0.2, 0.25) is 0 Å². The van der Waals surface area contributed by atoms with Crippen LogP contribution < -0.4 is 10.1 Å². The van der Waals surface area contributed by atoms with E-state index < -0.39 is 11.7 Å². The summed E-state index contributed by atoms with van der Waals surface area (Å²) < 4.78 is 44.9. The Morgan fingerprint density at radius 2 is 1.83 bits per heavy atom. The van der Waals surface area contributed by atoms with E-state index in [1.165, 1.54) is 30.3 Å². The van der Waals surface area contributed by atoms with Gasteiger partial charge in [0, 0.05) is 17.4 Å². The third-order valence-corrected chi connectivity index (χ3v) is 4.26. The maximum atomic E-state index is 13.1. The van der Waals surface area contributed by atoms with Crippen molar-refractivity contribution in [2.45, 2.75) is 26.4 Å². The van der Waals surface area contributed by atoms with Crippen LogP contribution in [-0.4, -0.2) is 10.9 Å². The second kappa shape index (κ2) is 8.34. The predicted molar refractivity (Wildman–Crippen MR) is 104 cm³/mol. The Kier molecular flexibility index (Phi) is 5.87. The lowest BCUT2D eigenvalue weighted by Crippen LogP contribution is -2.14. The van der Waals surface area contributed by atoms with E-state index >= 15 is 0 Å². The Morgan fingerprint density at radius 1 is 1.07 bits per heavy atom. The minimum Gasteiger partial charge on any atom is -0.457 e. The molecule has 150 valence electrons. The van der Waals surface area contributed by atoms with E-state index in [9.17, 15) is 18.0 Å². The van der Waals surface area contributed by atoms with Gasteiger partial charge in [0.1, 0.15) is 11.5 Å². The smallest absolute Gasteiger partial charge is 0.419 e. The lowest BCUT2D eigenvalue weighted by molar-refractivity contribution is -0.138. The Balaban J connectivity index is 1.80. The molecule has 3 aromatic rings. The van der Waals surface area contributed by atoms with Crippen molar-refractivity contribution in [1.82, 2.24) is 4.98 Å². The first-order chi connectivity index (χ1) is 13.8. The summed E-state index contributed by atoms with van der Waals surface area (Å²) in [5, 5.41) is 2.73. The SMILES string of the molecule is CCc1ccc(C(=O)Nc2cccc(Oc3ccccc3C(F)(F)F)c2)c(C)n1. The highest BCUT2D eigenvalue weighted by Gasteiger charge is 2.34. The van der Waals surface area contributed by atoms with Gasteiger partial charge in [-0.05, 0) is 49.7 Å². The molecule has 0 aliphatic heterocycles. The molecule has 7 heteroatoms. The number of para-hydroxylation sites is 1. The fourth-order valence-corrected chi connectivity index (χ4v) is 2.80. The maximum absolute atomic E-state index is 13.1. The lowest BCUT2D eigenvalue weighted by atomic mass is 10.1. The third-order valence-electron chi connectivity index (χ3n) is 4.26. The maximum Gasteiger partial charge on any atom is 0.419 e. The first-order valence-corrected chi connectivity index (χ1v) is 9.00. The number of carbonyl (C=O) groups excluding carboxylic acids is 1. The number of amides is 1. The van der Waals surface area contributed by atoms with E-state index in [1.54, 1.807) is 31.2 Å². The monoisotopic (exact) mass is 400 g/mol. The second-order valence-electron chi connectivity index (χ2n) is 6.37. The zero-order chi connectivity index (χ0) is 21.0. The molecule has 1 heterocycles. The van der Waals surface area contributed by atoms with E-state index in [2.05, 4.69) is 10.3 Å². The molecule has 1 amide bonds. The average Bonchev–Trinajstić information content (AvgIpc) is 2.67. The van der Waals surface area contributed by atoms with Gasteiger partial charge in [-0.3, -0.25) is 9.78 Å². The van der Waals surface area contributed by atoms with E-state index in [0.29, 0.717) is 16.9 Å². The van der Waals surface area contributed by atoms with Crippen LogP contribution in [0.1, 0.15) is 34.2 Å². The van der Waals surface area contributed by atoms with Crippen molar-refractivity contribution in [3.05, 3.63) is 83.2 Å². The van der Waals surface area contributed by atoms with Gasteiger partial charge in [-0.25, -0.2) is 0 Å².